The van der Waals surface area contributed by atoms with Gasteiger partial charge >= 0.3 is 0 Å². The smallest absolute Gasteiger partial charge is 0.235 e. The quantitative estimate of drug-likeness (QED) is 0.344. The van der Waals surface area contributed by atoms with Crippen molar-refractivity contribution in [1.82, 2.24) is 0 Å². The molecule has 2 saturated heterocycles. The summed E-state index contributed by atoms with van der Waals surface area (Å²) >= 11 is 0. The zero-order chi connectivity index (χ0) is 22.3. The van der Waals surface area contributed by atoms with Crippen molar-refractivity contribution in [3.63, 3.8) is 0 Å². The molecule has 9 nitrogen and oxygen atoms in total. The fraction of sp³-hybridized carbons (Fsp3) is 0.900. The molecule has 3 aliphatic rings. The van der Waals surface area contributed by atoms with Crippen LogP contribution in [0.3, 0.4) is 0 Å². The van der Waals surface area contributed by atoms with Gasteiger partial charge in [-0.05, 0) is 37.0 Å². The summed E-state index contributed by atoms with van der Waals surface area (Å²) < 4.78 is 9.21. The number of aliphatic hydroxyl groups is 3. The van der Waals surface area contributed by atoms with Crippen LogP contribution in [0.5, 0.6) is 0 Å². The molecule has 9 heteroatoms. The van der Waals surface area contributed by atoms with Crippen molar-refractivity contribution >= 4 is 12.2 Å². The summed E-state index contributed by atoms with van der Waals surface area (Å²) in [6.45, 7) is 11.2. The summed E-state index contributed by atoms with van der Waals surface area (Å²) in [7, 11) is 0. The second-order valence-corrected chi connectivity index (χ2v) is 8.62. The summed E-state index contributed by atoms with van der Waals surface area (Å²) in [4.78, 5) is 28.0. The highest BCUT2D eigenvalue weighted by Crippen LogP contribution is 2.47. The monoisotopic (exact) mass is 416 g/mol. The fourth-order valence-corrected chi connectivity index (χ4v) is 3.24. The van der Waals surface area contributed by atoms with E-state index in [-0.39, 0.29) is 30.1 Å². The molecule has 0 spiro atoms. The van der Waals surface area contributed by atoms with Crippen molar-refractivity contribution in [3.05, 3.63) is 0 Å². The highest BCUT2D eigenvalue weighted by atomic mass is 16.6. The van der Waals surface area contributed by atoms with Crippen LogP contribution in [0.4, 0.5) is 0 Å². The molecule has 2 heterocycles. The number of carbonyl (C=O) groups excluding carboxylic acids is 2. The van der Waals surface area contributed by atoms with E-state index in [0.29, 0.717) is 12.6 Å². The first-order chi connectivity index (χ1) is 13.6. The van der Waals surface area contributed by atoms with Crippen molar-refractivity contribution in [2.75, 3.05) is 39.6 Å². The van der Waals surface area contributed by atoms with Crippen molar-refractivity contribution in [1.29, 1.82) is 0 Å². The van der Waals surface area contributed by atoms with E-state index in [1.54, 1.807) is 12.2 Å². The minimum atomic E-state index is -0.954. The van der Waals surface area contributed by atoms with Gasteiger partial charge in [-0.15, -0.1) is 0 Å². The SMILES string of the molecule is C1CO1.CC1(C)CC(N=C=O)CC(C)(CN=C=O)C1.CC1CO1.OCC(O)CO. The summed E-state index contributed by atoms with van der Waals surface area (Å²) in [6.07, 6.45) is 5.51. The van der Waals surface area contributed by atoms with Gasteiger partial charge in [0.25, 0.3) is 0 Å². The molecule has 3 rings (SSSR count). The van der Waals surface area contributed by atoms with E-state index >= 15 is 0 Å². The first-order valence-corrected chi connectivity index (χ1v) is 9.81. The Morgan fingerprint density at radius 3 is 1.93 bits per heavy atom. The number of ether oxygens (including phenoxy) is 2. The molecule has 1 aliphatic carbocycles. The fourth-order valence-electron chi connectivity index (χ4n) is 3.24. The van der Waals surface area contributed by atoms with Crippen LogP contribution in [-0.2, 0) is 19.1 Å². The Hall–Kier alpha value is -1.44. The van der Waals surface area contributed by atoms with Gasteiger partial charge in [-0.2, -0.15) is 0 Å². The van der Waals surface area contributed by atoms with Crippen LogP contribution in [0.2, 0.25) is 0 Å². The summed E-state index contributed by atoms with van der Waals surface area (Å²) in [5.74, 6) is 0. The van der Waals surface area contributed by atoms with E-state index in [4.69, 9.17) is 20.1 Å². The lowest BCUT2D eigenvalue weighted by Gasteiger charge is -2.44. The molecule has 0 amide bonds. The molecule has 3 N–H and O–H groups in total. The number of rotatable bonds is 5. The standard InChI is InChI=1S/C12H18N2O2.C3H8O3.C3H6O.C2H4O/c1-11(2)4-10(14-9-16)5-12(3,6-11)7-13-8-15;4-1-3(6)2-5;1-3-2-4-3;1-2-3-1/h10H,4-7H2,1-3H3;3-6H,1-2H2;3H,2H2,1H3;1-2H2. The largest absolute Gasteiger partial charge is 0.394 e. The zero-order valence-corrected chi connectivity index (χ0v) is 18.0. The Kier molecular flexibility index (Phi) is 13.8. The molecule has 0 aromatic carbocycles. The minimum absolute atomic E-state index is 0.00750. The van der Waals surface area contributed by atoms with E-state index in [0.717, 1.165) is 39.1 Å². The maximum absolute atomic E-state index is 10.3. The number of nitrogens with zero attached hydrogens (tertiary/aromatic N) is 2. The van der Waals surface area contributed by atoms with Crippen LogP contribution in [0.25, 0.3) is 0 Å². The number of epoxide rings is 2. The van der Waals surface area contributed by atoms with Gasteiger partial charge in [0, 0.05) is 0 Å². The molecule has 0 aromatic heterocycles. The third-order valence-electron chi connectivity index (χ3n) is 4.31. The van der Waals surface area contributed by atoms with Gasteiger partial charge in [0.05, 0.1) is 51.7 Å². The van der Waals surface area contributed by atoms with Gasteiger partial charge in [-0.25, -0.2) is 19.6 Å². The summed E-state index contributed by atoms with van der Waals surface area (Å²) in [6, 6.07) is 0.00750. The number of isocyanates is 2. The van der Waals surface area contributed by atoms with E-state index in [9.17, 15) is 9.59 Å². The Morgan fingerprint density at radius 1 is 1.10 bits per heavy atom. The predicted molar refractivity (Wildman–Crippen MR) is 107 cm³/mol. The van der Waals surface area contributed by atoms with Gasteiger partial charge in [-0.1, -0.05) is 20.8 Å². The summed E-state index contributed by atoms with van der Waals surface area (Å²) in [5.41, 5.74) is 0.0561. The molecule has 0 aromatic rings. The van der Waals surface area contributed by atoms with E-state index in [2.05, 4.69) is 42.4 Å². The van der Waals surface area contributed by atoms with Crippen LogP contribution >= 0.6 is 0 Å². The highest BCUT2D eigenvalue weighted by Gasteiger charge is 2.41. The van der Waals surface area contributed by atoms with Crippen molar-refractivity contribution in [2.24, 2.45) is 20.8 Å². The first kappa shape index (κ1) is 27.6. The second kappa shape index (κ2) is 14.5. The molecule has 2 aliphatic heterocycles. The van der Waals surface area contributed by atoms with Crippen LogP contribution < -0.4 is 0 Å². The molecule has 1 saturated carbocycles. The van der Waals surface area contributed by atoms with Crippen LogP contribution in [0.1, 0.15) is 47.0 Å². The Morgan fingerprint density at radius 2 is 1.62 bits per heavy atom. The molecule has 0 bridgehead atoms. The lowest BCUT2D eigenvalue weighted by atomic mass is 9.63. The molecular formula is C20H36N2O7. The number of aliphatic imine (C=N–C) groups is 2. The van der Waals surface area contributed by atoms with Gasteiger partial charge in [-0.3, -0.25) is 0 Å². The van der Waals surface area contributed by atoms with Crippen molar-refractivity contribution in [2.45, 2.75) is 65.2 Å². The van der Waals surface area contributed by atoms with Gasteiger partial charge in [0.2, 0.25) is 12.2 Å². The number of hydrogen-bond donors (Lipinski definition) is 3. The second-order valence-electron chi connectivity index (χ2n) is 8.62. The molecule has 3 unspecified atom stereocenters. The van der Waals surface area contributed by atoms with Crippen LogP contribution in [0.15, 0.2) is 9.98 Å². The molecule has 29 heavy (non-hydrogen) atoms. The van der Waals surface area contributed by atoms with Gasteiger partial charge in [0.1, 0.15) is 6.10 Å². The number of hydrogen-bond acceptors (Lipinski definition) is 9. The average Bonchev–Trinajstić information content (AvgIpc) is 3.54. The Labute approximate surface area is 172 Å². The number of aliphatic hydroxyl groups excluding tert-OH is 3. The predicted octanol–water partition coefficient (Wildman–Crippen LogP) is 0.997. The van der Waals surface area contributed by atoms with E-state index in [1.165, 1.54) is 0 Å². The molecular weight excluding hydrogens is 380 g/mol. The average molecular weight is 417 g/mol. The first-order valence-electron chi connectivity index (χ1n) is 9.81. The normalized spacial score (nSPS) is 27.9. The molecule has 3 atom stereocenters. The van der Waals surface area contributed by atoms with Crippen molar-refractivity contribution in [3.8, 4) is 0 Å². The van der Waals surface area contributed by atoms with E-state index < -0.39 is 6.10 Å². The summed E-state index contributed by atoms with van der Waals surface area (Å²) in [5, 5.41) is 24.0. The topological polar surface area (TPSA) is 145 Å². The third kappa shape index (κ3) is 17.2. The maximum Gasteiger partial charge on any atom is 0.235 e. The van der Waals surface area contributed by atoms with Crippen molar-refractivity contribution < 1.29 is 34.4 Å². The highest BCUT2D eigenvalue weighted by molar-refractivity contribution is 5.34. The lowest BCUT2D eigenvalue weighted by Crippen LogP contribution is -2.39. The van der Waals surface area contributed by atoms with Gasteiger partial charge in [0.15, 0.2) is 0 Å². The molecule has 0 radical (unpaired) electrons. The Bertz CT molecular complexity index is 532. The lowest BCUT2D eigenvalue weighted by molar-refractivity contribution is 0.0450. The molecule has 3 fully saturated rings. The van der Waals surface area contributed by atoms with Gasteiger partial charge < -0.3 is 24.8 Å². The zero-order valence-electron chi connectivity index (χ0n) is 18.0. The third-order valence-corrected chi connectivity index (χ3v) is 4.31. The maximum atomic E-state index is 10.3. The van der Waals surface area contributed by atoms with Crippen LogP contribution in [-0.4, -0.2) is 85.3 Å². The Balaban J connectivity index is 0.000000483. The van der Waals surface area contributed by atoms with Crippen LogP contribution in [0, 0.1) is 10.8 Å². The molecule has 168 valence electrons. The minimum Gasteiger partial charge on any atom is -0.394 e. The van der Waals surface area contributed by atoms with E-state index in [1.807, 2.05) is 0 Å².